The van der Waals surface area contributed by atoms with Gasteiger partial charge in [0.2, 0.25) is 0 Å². The zero-order valence-electron chi connectivity index (χ0n) is 7.80. The monoisotopic (exact) mass is 152 g/mol. The summed E-state index contributed by atoms with van der Waals surface area (Å²) in [5.74, 6) is 0.802. The second-order valence-electron chi connectivity index (χ2n) is 4.73. The molecule has 62 valence electrons. The molecule has 1 aliphatic carbocycles. The van der Waals surface area contributed by atoms with Gasteiger partial charge in [0, 0.05) is 12.3 Å². The highest BCUT2D eigenvalue weighted by atomic mass is 15.3. The Morgan fingerprint density at radius 3 is 2.64 bits per heavy atom. The molecular weight excluding hydrogens is 134 g/mol. The van der Waals surface area contributed by atoms with Crippen molar-refractivity contribution < 1.29 is 4.48 Å². The van der Waals surface area contributed by atoms with Gasteiger partial charge in [0.1, 0.15) is 6.04 Å². The molecule has 0 bridgehead atoms. The molecule has 1 saturated carbocycles. The zero-order valence-corrected chi connectivity index (χ0v) is 7.80. The first-order valence-corrected chi connectivity index (χ1v) is 4.63. The van der Waals surface area contributed by atoms with Crippen molar-refractivity contribution in [2.75, 3.05) is 20.6 Å². The Kier molecular flexibility index (Phi) is 1.40. The summed E-state index contributed by atoms with van der Waals surface area (Å²) in [7, 11) is 4.74. The van der Waals surface area contributed by atoms with E-state index < -0.39 is 0 Å². The molecule has 0 aromatic heterocycles. The Bertz CT molecular complexity index is 203. The van der Waals surface area contributed by atoms with Crippen molar-refractivity contribution in [2.24, 2.45) is 5.92 Å². The number of fused-ring (bicyclic) bond motifs is 1. The predicted molar refractivity (Wildman–Crippen MR) is 47.2 cm³/mol. The van der Waals surface area contributed by atoms with Gasteiger partial charge in [-0.1, -0.05) is 13.0 Å². The fourth-order valence-corrected chi connectivity index (χ4v) is 2.72. The van der Waals surface area contributed by atoms with E-state index in [1.54, 1.807) is 5.57 Å². The third-order valence-corrected chi connectivity index (χ3v) is 3.24. The SMILES string of the molecule is CC1C=C2CCC2[N+](C)(C)C1. The summed E-state index contributed by atoms with van der Waals surface area (Å²) >= 11 is 0. The van der Waals surface area contributed by atoms with Gasteiger partial charge in [-0.15, -0.1) is 0 Å². The maximum absolute atomic E-state index is 2.50. The molecule has 1 heterocycles. The summed E-state index contributed by atoms with van der Waals surface area (Å²) in [5, 5.41) is 0. The molecule has 0 N–H and O–H groups in total. The summed E-state index contributed by atoms with van der Waals surface area (Å²) in [4.78, 5) is 0. The topological polar surface area (TPSA) is 0 Å². The van der Waals surface area contributed by atoms with Crippen LogP contribution in [0.25, 0.3) is 0 Å². The lowest BCUT2D eigenvalue weighted by atomic mass is 9.78. The molecule has 0 radical (unpaired) electrons. The molecule has 0 spiro atoms. The lowest BCUT2D eigenvalue weighted by Gasteiger charge is -2.49. The van der Waals surface area contributed by atoms with Crippen LogP contribution in [0.2, 0.25) is 0 Å². The highest BCUT2D eigenvalue weighted by molar-refractivity contribution is 5.20. The van der Waals surface area contributed by atoms with Crippen LogP contribution in [0.3, 0.4) is 0 Å². The summed E-state index contributed by atoms with van der Waals surface area (Å²) in [6.07, 6.45) is 5.29. The van der Waals surface area contributed by atoms with Crippen LogP contribution >= 0.6 is 0 Å². The second-order valence-corrected chi connectivity index (χ2v) is 4.73. The average molecular weight is 152 g/mol. The highest BCUT2D eigenvalue weighted by Gasteiger charge is 2.41. The molecule has 1 nitrogen and oxygen atoms in total. The quantitative estimate of drug-likeness (QED) is 0.367. The van der Waals surface area contributed by atoms with Crippen molar-refractivity contribution in [3.63, 3.8) is 0 Å². The van der Waals surface area contributed by atoms with Crippen LogP contribution in [0.4, 0.5) is 0 Å². The van der Waals surface area contributed by atoms with Gasteiger partial charge in [0.15, 0.2) is 0 Å². The summed E-state index contributed by atoms with van der Waals surface area (Å²) in [6.45, 7) is 3.66. The van der Waals surface area contributed by atoms with Crippen molar-refractivity contribution in [1.82, 2.24) is 0 Å². The molecule has 0 aromatic carbocycles. The lowest BCUT2D eigenvalue weighted by Crippen LogP contribution is -2.57. The maximum atomic E-state index is 2.50. The number of hydrogen-bond donors (Lipinski definition) is 0. The first-order chi connectivity index (χ1) is 5.09. The third-order valence-electron chi connectivity index (χ3n) is 3.24. The molecule has 0 saturated heterocycles. The minimum Gasteiger partial charge on any atom is -0.322 e. The van der Waals surface area contributed by atoms with Gasteiger partial charge in [0.25, 0.3) is 0 Å². The van der Waals surface area contributed by atoms with E-state index in [0.717, 1.165) is 12.0 Å². The molecule has 2 rings (SSSR count). The van der Waals surface area contributed by atoms with Crippen LogP contribution in [0.5, 0.6) is 0 Å². The first-order valence-electron chi connectivity index (χ1n) is 4.63. The van der Waals surface area contributed by atoms with E-state index in [4.69, 9.17) is 0 Å². The van der Waals surface area contributed by atoms with Gasteiger partial charge in [-0.05, 0) is 12.0 Å². The molecule has 0 aromatic rings. The summed E-state index contributed by atoms with van der Waals surface area (Å²) in [6, 6.07) is 0.881. The van der Waals surface area contributed by atoms with Crippen molar-refractivity contribution >= 4 is 0 Å². The largest absolute Gasteiger partial charge is 0.322 e. The van der Waals surface area contributed by atoms with E-state index in [2.05, 4.69) is 27.1 Å². The standard InChI is InChI=1S/C10H18N/c1-8-6-9-4-5-10(9)11(2,3)7-8/h6,8,10H,4-5,7H2,1-3H3/q+1. The summed E-state index contributed by atoms with van der Waals surface area (Å²) < 4.78 is 1.23. The van der Waals surface area contributed by atoms with E-state index in [9.17, 15) is 0 Å². The molecule has 2 atom stereocenters. The number of likely N-dealkylation sites (N-methyl/N-ethyl adjacent to an activating group) is 1. The molecule has 0 amide bonds. The predicted octanol–water partition coefficient (Wildman–Crippen LogP) is 1.80. The van der Waals surface area contributed by atoms with Crippen LogP contribution in [-0.2, 0) is 0 Å². The van der Waals surface area contributed by atoms with Crippen LogP contribution in [0.1, 0.15) is 19.8 Å². The molecule has 2 unspecified atom stereocenters. The van der Waals surface area contributed by atoms with E-state index in [1.807, 2.05) is 0 Å². The molecular formula is C10H18N+. The maximum Gasteiger partial charge on any atom is 0.111 e. The van der Waals surface area contributed by atoms with Gasteiger partial charge < -0.3 is 4.48 Å². The fourth-order valence-electron chi connectivity index (χ4n) is 2.72. The van der Waals surface area contributed by atoms with Crippen molar-refractivity contribution in [3.05, 3.63) is 11.6 Å². The normalized spacial score (nSPS) is 40.5. The van der Waals surface area contributed by atoms with E-state index in [-0.39, 0.29) is 0 Å². The number of nitrogens with zero attached hydrogens (tertiary/aromatic N) is 1. The van der Waals surface area contributed by atoms with E-state index >= 15 is 0 Å². The van der Waals surface area contributed by atoms with Gasteiger partial charge >= 0.3 is 0 Å². The Balaban J connectivity index is 2.25. The Hall–Kier alpha value is -0.300. The smallest absolute Gasteiger partial charge is 0.111 e. The molecule has 1 fully saturated rings. The van der Waals surface area contributed by atoms with Crippen molar-refractivity contribution in [2.45, 2.75) is 25.8 Å². The Morgan fingerprint density at radius 1 is 1.45 bits per heavy atom. The average Bonchev–Trinajstić information content (AvgIpc) is 1.74. The second kappa shape index (κ2) is 2.10. The van der Waals surface area contributed by atoms with Crippen LogP contribution in [0, 0.1) is 5.92 Å². The van der Waals surface area contributed by atoms with Crippen molar-refractivity contribution in [1.29, 1.82) is 0 Å². The lowest BCUT2D eigenvalue weighted by molar-refractivity contribution is -0.918. The van der Waals surface area contributed by atoms with Gasteiger partial charge in [-0.3, -0.25) is 0 Å². The van der Waals surface area contributed by atoms with Crippen LogP contribution < -0.4 is 0 Å². The zero-order chi connectivity index (χ0) is 8.06. The third kappa shape index (κ3) is 1.02. The molecule has 1 heteroatoms. The minimum atomic E-state index is 0.802. The van der Waals surface area contributed by atoms with Crippen molar-refractivity contribution in [3.8, 4) is 0 Å². The Labute approximate surface area is 69.3 Å². The first kappa shape index (κ1) is 7.35. The molecule has 2 aliphatic rings. The number of hydrogen-bond acceptors (Lipinski definition) is 0. The van der Waals surface area contributed by atoms with Crippen LogP contribution in [0.15, 0.2) is 11.6 Å². The van der Waals surface area contributed by atoms with E-state index in [1.165, 1.54) is 23.9 Å². The summed E-state index contributed by atoms with van der Waals surface area (Å²) in [5.41, 5.74) is 1.73. The number of rotatable bonds is 0. The number of quaternary nitrogens is 1. The minimum absolute atomic E-state index is 0.802. The van der Waals surface area contributed by atoms with E-state index in [0.29, 0.717) is 0 Å². The van der Waals surface area contributed by atoms with Crippen LogP contribution in [-0.4, -0.2) is 31.2 Å². The fraction of sp³-hybridized carbons (Fsp3) is 0.800. The van der Waals surface area contributed by atoms with Gasteiger partial charge in [-0.25, -0.2) is 0 Å². The Morgan fingerprint density at radius 2 is 2.18 bits per heavy atom. The molecule has 11 heavy (non-hydrogen) atoms. The molecule has 1 aliphatic heterocycles. The highest BCUT2D eigenvalue weighted by Crippen LogP contribution is 2.39. The van der Waals surface area contributed by atoms with Gasteiger partial charge in [-0.2, -0.15) is 0 Å². The van der Waals surface area contributed by atoms with Gasteiger partial charge in [0.05, 0.1) is 20.6 Å².